The molecule has 0 radical (unpaired) electrons. The van der Waals surface area contributed by atoms with Crippen LogP contribution in [-0.4, -0.2) is 28.7 Å². The third-order valence-corrected chi connectivity index (χ3v) is 5.13. The number of benzene rings is 2. The molecule has 1 atom stereocenters. The Morgan fingerprint density at radius 2 is 1.94 bits per heavy atom. The molecule has 31 heavy (non-hydrogen) atoms. The molecule has 9 heteroatoms. The number of amides is 1. The van der Waals surface area contributed by atoms with E-state index in [0.29, 0.717) is 24.5 Å². The number of aryl methyl sites for hydroxylation is 1. The Kier molecular flexibility index (Phi) is 8.86. The number of nitrogens with zero attached hydrogens (tertiary/aromatic N) is 1. The summed E-state index contributed by atoms with van der Waals surface area (Å²) in [5, 5.41) is 9.94. The second kappa shape index (κ2) is 11.1. The topological polar surface area (TPSA) is 93.0 Å². The third-order valence-electron chi connectivity index (χ3n) is 5.13. The summed E-state index contributed by atoms with van der Waals surface area (Å²) in [5.41, 5.74) is 8.85. The third kappa shape index (κ3) is 5.97. The minimum atomic E-state index is -0.576. The predicted octanol–water partition coefficient (Wildman–Crippen LogP) is 3.97. The van der Waals surface area contributed by atoms with Gasteiger partial charge in [-0.1, -0.05) is 12.1 Å². The fraction of sp³-hybridized carbons (Fsp3) is 0.273. The molecule has 0 bridgehead atoms. The molecule has 166 valence electrons. The van der Waals surface area contributed by atoms with Gasteiger partial charge in [-0.05, 0) is 73.7 Å². The quantitative estimate of drug-likeness (QED) is 0.512. The van der Waals surface area contributed by atoms with Gasteiger partial charge in [-0.2, -0.15) is 5.10 Å². The maximum absolute atomic E-state index is 14.3. The van der Waals surface area contributed by atoms with E-state index in [1.165, 1.54) is 18.2 Å². The summed E-state index contributed by atoms with van der Waals surface area (Å²) in [5.74, 6) is 0.00328. The lowest BCUT2D eigenvalue weighted by atomic mass is 9.93. The molecule has 0 fully saturated rings. The van der Waals surface area contributed by atoms with Gasteiger partial charge in [0.05, 0.1) is 11.8 Å². The number of fused-ring (bicyclic) bond motifs is 1. The van der Waals surface area contributed by atoms with Crippen molar-refractivity contribution in [3.8, 4) is 11.5 Å². The van der Waals surface area contributed by atoms with Gasteiger partial charge in [0, 0.05) is 11.7 Å². The molecule has 1 aliphatic rings. The standard InChI is InChI=1S/C22H23FN4O2.2ClH/c23-20-7-6-18(29-17-4-1-14(2-5-17)9-10-24)12-19(20)22(28)26-16-3-8-21-15(11-16)13-25-27-21;;/h1-2,4-7,12-13,16H,3,8-11,24H2,(H,25,27)(H,26,28);2*1H. The Bertz CT molecular complexity index is 1010. The average molecular weight is 467 g/mol. The number of carbonyl (C=O) groups excluding carboxylic acids is 1. The first-order chi connectivity index (χ1) is 14.1. The van der Waals surface area contributed by atoms with E-state index >= 15 is 0 Å². The highest BCUT2D eigenvalue weighted by atomic mass is 35.5. The summed E-state index contributed by atoms with van der Waals surface area (Å²) < 4.78 is 20.1. The van der Waals surface area contributed by atoms with Gasteiger partial charge in [-0.3, -0.25) is 9.89 Å². The molecule has 0 spiro atoms. The van der Waals surface area contributed by atoms with Crippen LogP contribution >= 0.6 is 24.8 Å². The van der Waals surface area contributed by atoms with Crippen LogP contribution in [0, 0.1) is 5.82 Å². The van der Waals surface area contributed by atoms with E-state index in [-0.39, 0.29) is 36.4 Å². The van der Waals surface area contributed by atoms with E-state index in [1.807, 2.05) is 24.3 Å². The summed E-state index contributed by atoms with van der Waals surface area (Å²) >= 11 is 0. The molecule has 2 aromatic carbocycles. The molecule has 1 unspecified atom stereocenters. The molecular formula is C22H25Cl2FN4O2. The number of halogens is 3. The lowest BCUT2D eigenvalue weighted by molar-refractivity contribution is 0.0929. The van der Waals surface area contributed by atoms with E-state index < -0.39 is 11.7 Å². The SMILES string of the molecule is Cl.Cl.NCCc1ccc(Oc2ccc(F)c(C(=O)NC3CCc4[nH]ncc4C3)c2)cc1. The van der Waals surface area contributed by atoms with E-state index in [0.717, 1.165) is 36.1 Å². The first kappa shape index (κ1) is 24.7. The minimum Gasteiger partial charge on any atom is -0.457 e. The Balaban J connectivity index is 0.00000171. The number of rotatable bonds is 6. The van der Waals surface area contributed by atoms with Crippen LogP contribution in [0.15, 0.2) is 48.7 Å². The Morgan fingerprint density at radius 1 is 1.19 bits per heavy atom. The highest BCUT2D eigenvalue weighted by Crippen LogP contribution is 2.25. The summed E-state index contributed by atoms with van der Waals surface area (Å²) in [6, 6.07) is 11.7. The van der Waals surface area contributed by atoms with Crippen molar-refractivity contribution in [2.24, 2.45) is 5.73 Å². The van der Waals surface area contributed by atoms with Gasteiger partial charge >= 0.3 is 0 Å². The molecule has 0 saturated heterocycles. The van der Waals surface area contributed by atoms with E-state index in [9.17, 15) is 9.18 Å². The first-order valence-corrected chi connectivity index (χ1v) is 9.71. The Morgan fingerprint density at radius 3 is 2.68 bits per heavy atom. The number of aromatic nitrogens is 2. The molecule has 3 aromatic rings. The lowest BCUT2D eigenvalue weighted by Gasteiger charge is -2.23. The molecule has 1 aromatic heterocycles. The number of hydrogen-bond donors (Lipinski definition) is 3. The van der Waals surface area contributed by atoms with E-state index in [2.05, 4.69) is 15.5 Å². The van der Waals surface area contributed by atoms with Crippen LogP contribution < -0.4 is 15.8 Å². The van der Waals surface area contributed by atoms with Gasteiger partial charge in [-0.25, -0.2) is 4.39 Å². The average Bonchev–Trinajstić information content (AvgIpc) is 3.19. The fourth-order valence-corrected chi connectivity index (χ4v) is 3.57. The number of carbonyl (C=O) groups is 1. The summed E-state index contributed by atoms with van der Waals surface area (Å²) in [7, 11) is 0. The van der Waals surface area contributed by atoms with Gasteiger partial charge in [0.25, 0.3) is 5.91 Å². The lowest BCUT2D eigenvalue weighted by Crippen LogP contribution is -2.39. The molecule has 0 aliphatic heterocycles. The predicted molar refractivity (Wildman–Crippen MR) is 122 cm³/mol. The van der Waals surface area contributed by atoms with Gasteiger partial charge in [0.1, 0.15) is 17.3 Å². The smallest absolute Gasteiger partial charge is 0.254 e. The number of nitrogens with two attached hydrogens (primary N) is 1. The molecule has 4 rings (SSSR count). The maximum Gasteiger partial charge on any atom is 0.254 e. The highest BCUT2D eigenvalue weighted by molar-refractivity contribution is 5.95. The van der Waals surface area contributed by atoms with Crippen molar-refractivity contribution in [2.75, 3.05) is 6.54 Å². The van der Waals surface area contributed by atoms with Gasteiger partial charge in [0.15, 0.2) is 0 Å². The van der Waals surface area contributed by atoms with Crippen molar-refractivity contribution >= 4 is 30.7 Å². The van der Waals surface area contributed by atoms with Crippen LogP contribution in [0.4, 0.5) is 4.39 Å². The number of H-pyrrole nitrogens is 1. The molecular weight excluding hydrogens is 442 g/mol. The molecule has 1 aliphatic carbocycles. The van der Waals surface area contributed by atoms with Crippen molar-refractivity contribution in [3.63, 3.8) is 0 Å². The normalized spacial score (nSPS) is 14.6. The zero-order valence-electron chi connectivity index (χ0n) is 16.8. The monoisotopic (exact) mass is 466 g/mol. The van der Waals surface area contributed by atoms with Crippen LogP contribution in [0.5, 0.6) is 11.5 Å². The zero-order valence-corrected chi connectivity index (χ0v) is 18.4. The molecule has 6 nitrogen and oxygen atoms in total. The van der Waals surface area contributed by atoms with Crippen LogP contribution in [-0.2, 0) is 19.3 Å². The highest BCUT2D eigenvalue weighted by Gasteiger charge is 2.23. The van der Waals surface area contributed by atoms with Crippen LogP contribution in [0.3, 0.4) is 0 Å². The summed E-state index contributed by atoms with van der Waals surface area (Å²) in [6.45, 7) is 0.583. The number of hydrogen-bond acceptors (Lipinski definition) is 4. The fourth-order valence-electron chi connectivity index (χ4n) is 3.57. The maximum atomic E-state index is 14.3. The van der Waals surface area contributed by atoms with Crippen molar-refractivity contribution < 1.29 is 13.9 Å². The largest absolute Gasteiger partial charge is 0.457 e. The molecule has 4 N–H and O–H groups in total. The Labute approximate surface area is 192 Å². The molecule has 0 saturated carbocycles. The number of nitrogens with one attached hydrogen (secondary N) is 2. The van der Waals surface area contributed by atoms with Gasteiger partial charge in [-0.15, -0.1) is 24.8 Å². The second-order valence-corrected chi connectivity index (χ2v) is 7.21. The number of aromatic amines is 1. The summed E-state index contributed by atoms with van der Waals surface area (Å²) in [4.78, 5) is 12.7. The molecule has 1 heterocycles. The van der Waals surface area contributed by atoms with Crippen LogP contribution in [0.2, 0.25) is 0 Å². The van der Waals surface area contributed by atoms with Gasteiger partial charge < -0.3 is 15.8 Å². The first-order valence-electron chi connectivity index (χ1n) is 9.71. The molecule has 1 amide bonds. The van der Waals surface area contributed by atoms with Crippen LogP contribution in [0.25, 0.3) is 0 Å². The van der Waals surface area contributed by atoms with Crippen molar-refractivity contribution in [2.45, 2.75) is 31.7 Å². The second-order valence-electron chi connectivity index (χ2n) is 7.21. The Hall–Kier alpha value is -2.61. The van der Waals surface area contributed by atoms with Crippen molar-refractivity contribution in [3.05, 3.63) is 76.9 Å². The van der Waals surface area contributed by atoms with Crippen molar-refractivity contribution in [1.82, 2.24) is 15.5 Å². The summed E-state index contributed by atoms with van der Waals surface area (Å²) in [6.07, 6.45) is 4.86. The van der Waals surface area contributed by atoms with E-state index in [4.69, 9.17) is 10.5 Å². The van der Waals surface area contributed by atoms with Gasteiger partial charge in [0.2, 0.25) is 0 Å². The number of ether oxygens (including phenoxy) is 1. The van der Waals surface area contributed by atoms with E-state index in [1.54, 1.807) is 6.20 Å². The van der Waals surface area contributed by atoms with Crippen LogP contribution in [0.1, 0.15) is 33.6 Å². The zero-order chi connectivity index (χ0) is 20.2. The minimum absolute atomic E-state index is 0. The van der Waals surface area contributed by atoms with Crippen molar-refractivity contribution in [1.29, 1.82) is 0 Å².